The first-order chi connectivity index (χ1) is 10.4. The van der Waals surface area contributed by atoms with Crippen molar-refractivity contribution in [2.75, 3.05) is 45.3 Å². The molecule has 1 aromatic carbocycles. The Morgan fingerprint density at radius 1 is 1.32 bits per heavy atom. The van der Waals surface area contributed by atoms with E-state index < -0.39 is 0 Å². The van der Waals surface area contributed by atoms with Gasteiger partial charge in [-0.15, -0.1) is 12.4 Å². The van der Waals surface area contributed by atoms with Gasteiger partial charge in [0.25, 0.3) is 0 Å². The van der Waals surface area contributed by atoms with Crippen molar-refractivity contribution < 1.29 is 9.47 Å². The van der Waals surface area contributed by atoms with Gasteiger partial charge in [-0.05, 0) is 36.9 Å². The number of nitrogens with one attached hydrogen (secondary N) is 1. The second-order valence-corrected chi connectivity index (χ2v) is 5.99. The number of halogens is 1. The molecule has 2 aliphatic heterocycles. The molecule has 5 heteroatoms. The van der Waals surface area contributed by atoms with Crippen LogP contribution in [0.4, 0.5) is 5.69 Å². The van der Waals surface area contributed by atoms with Gasteiger partial charge in [0, 0.05) is 32.4 Å². The molecular formula is C17H27ClN2O2. The summed E-state index contributed by atoms with van der Waals surface area (Å²) in [5.74, 6) is 0. The number of fused-ring (bicyclic) bond motifs is 1. The molecule has 4 nitrogen and oxygen atoms in total. The number of hydrogen-bond acceptors (Lipinski definition) is 4. The highest BCUT2D eigenvalue weighted by molar-refractivity contribution is 5.85. The molecule has 1 fully saturated rings. The van der Waals surface area contributed by atoms with E-state index in [0.717, 1.165) is 26.1 Å². The van der Waals surface area contributed by atoms with Gasteiger partial charge < -0.3 is 14.8 Å². The largest absolute Gasteiger partial charge is 0.384 e. The molecule has 0 aromatic heterocycles. The number of nitrogens with zero attached hydrogens (tertiary/aromatic N) is 1. The lowest BCUT2D eigenvalue weighted by atomic mass is 10.0. The zero-order valence-electron chi connectivity index (χ0n) is 13.3. The van der Waals surface area contributed by atoms with Gasteiger partial charge in [0.2, 0.25) is 0 Å². The molecule has 3 rings (SSSR count). The summed E-state index contributed by atoms with van der Waals surface area (Å²) in [5.41, 5.74) is 4.28. The van der Waals surface area contributed by atoms with E-state index in [2.05, 4.69) is 28.4 Å². The average molecular weight is 327 g/mol. The summed E-state index contributed by atoms with van der Waals surface area (Å²) in [7, 11) is 1.72. The number of rotatable bonds is 6. The van der Waals surface area contributed by atoms with E-state index in [0.29, 0.717) is 19.3 Å². The van der Waals surface area contributed by atoms with Gasteiger partial charge in [-0.3, -0.25) is 4.90 Å². The Balaban J connectivity index is 0.00000176. The quantitative estimate of drug-likeness (QED) is 0.815. The van der Waals surface area contributed by atoms with E-state index >= 15 is 0 Å². The van der Waals surface area contributed by atoms with Crippen molar-refractivity contribution in [1.29, 1.82) is 0 Å². The summed E-state index contributed by atoms with van der Waals surface area (Å²) < 4.78 is 11.0. The van der Waals surface area contributed by atoms with E-state index in [9.17, 15) is 0 Å². The Morgan fingerprint density at radius 2 is 2.23 bits per heavy atom. The van der Waals surface area contributed by atoms with Crippen LogP contribution in [0, 0.1) is 0 Å². The number of para-hydroxylation sites is 1. The molecule has 2 aliphatic rings. The second kappa shape index (κ2) is 8.73. The van der Waals surface area contributed by atoms with Gasteiger partial charge in [0.15, 0.2) is 0 Å². The molecule has 0 spiro atoms. The van der Waals surface area contributed by atoms with Crippen LogP contribution in [0.1, 0.15) is 24.0 Å². The van der Waals surface area contributed by atoms with Crippen LogP contribution in [-0.4, -0.2) is 51.0 Å². The Bertz CT molecular complexity index is 470. The molecule has 2 heterocycles. The normalized spacial score (nSPS) is 21.0. The number of methoxy groups -OCH3 is 1. The lowest BCUT2D eigenvalue weighted by Gasteiger charge is -2.33. The third-order valence-electron chi connectivity index (χ3n) is 4.43. The Kier molecular flexibility index (Phi) is 6.96. The van der Waals surface area contributed by atoms with Crippen LogP contribution in [-0.2, 0) is 22.4 Å². The molecule has 0 aliphatic carbocycles. The first-order valence-corrected chi connectivity index (χ1v) is 8.04. The molecule has 124 valence electrons. The third kappa shape index (κ3) is 4.35. The first-order valence-electron chi connectivity index (χ1n) is 8.04. The molecule has 0 saturated carbocycles. The minimum Gasteiger partial charge on any atom is -0.384 e. The molecule has 22 heavy (non-hydrogen) atoms. The predicted octanol–water partition coefficient (Wildman–Crippen LogP) is 2.70. The second-order valence-electron chi connectivity index (χ2n) is 5.99. The standard InChI is InChI=1S/C17H26N2O2.ClH/c1-20-10-11-21-16-6-3-9-19(13-16)12-15-5-2-4-14-7-8-18-17(14)15;/h2,4-5,16,18H,3,6-13H2,1H3;1H. The SMILES string of the molecule is COCCOC1CCCN(Cc2cccc3c2NCC3)C1.Cl. The summed E-state index contributed by atoms with van der Waals surface area (Å²) in [6.07, 6.45) is 3.91. The predicted molar refractivity (Wildman–Crippen MR) is 92.0 cm³/mol. The molecule has 1 unspecified atom stereocenters. The average Bonchev–Trinajstić information content (AvgIpc) is 2.98. The molecule has 1 atom stereocenters. The number of piperidine rings is 1. The Labute approximate surface area is 139 Å². The number of hydrogen-bond donors (Lipinski definition) is 1. The highest BCUT2D eigenvalue weighted by Gasteiger charge is 2.22. The van der Waals surface area contributed by atoms with Crippen LogP contribution in [0.5, 0.6) is 0 Å². The zero-order chi connectivity index (χ0) is 14.5. The first kappa shape index (κ1) is 17.5. The minimum absolute atomic E-state index is 0. The topological polar surface area (TPSA) is 33.7 Å². The fourth-order valence-corrected chi connectivity index (χ4v) is 3.37. The summed E-state index contributed by atoms with van der Waals surface area (Å²) in [4.78, 5) is 2.52. The van der Waals surface area contributed by atoms with Gasteiger partial charge in [-0.2, -0.15) is 0 Å². The van der Waals surface area contributed by atoms with Gasteiger partial charge in [-0.25, -0.2) is 0 Å². The number of ether oxygens (including phenoxy) is 2. The monoisotopic (exact) mass is 326 g/mol. The smallest absolute Gasteiger partial charge is 0.0704 e. The molecule has 0 amide bonds. The van der Waals surface area contributed by atoms with Crippen molar-refractivity contribution in [2.45, 2.75) is 31.9 Å². The summed E-state index contributed by atoms with van der Waals surface area (Å²) >= 11 is 0. The lowest BCUT2D eigenvalue weighted by molar-refractivity contribution is -0.0223. The zero-order valence-corrected chi connectivity index (χ0v) is 14.2. The van der Waals surface area contributed by atoms with Crippen molar-refractivity contribution in [1.82, 2.24) is 4.90 Å². The van der Waals surface area contributed by atoms with Gasteiger partial charge in [-0.1, -0.05) is 18.2 Å². The van der Waals surface area contributed by atoms with Gasteiger partial charge in [0.05, 0.1) is 19.3 Å². The Morgan fingerprint density at radius 3 is 3.09 bits per heavy atom. The van der Waals surface area contributed by atoms with Crippen LogP contribution >= 0.6 is 12.4 Å². The van der Waals surface area contributed by atoms with Crippen molar-refractivity contribution in [3.8, 4) is 0 Å². The van der Waals surface area contributed by atoms with Gasteiger partial charge >= 0.3 is 0 Å². The van der Waals surface area contributed by atoms with E-state index in [4.69, 9.17) is 9.47 Å². The molecular weight excluding hydrogens is 300 g/mol. The lowest BCUT2D eigenvalue weighted by Crippen LogP contribution is -2.39. The minimum atomic E-state index is 0. The maximum absolute atomic E-state index is 5.90. The van der Waals surface area contributed by atoms with E-state index in [1.165, 1.54) is 36.2 Å². The molecule has 1 N–H and O–H groups in total. The van der Waals surface area contributed by atoms with E-state index in [1.54, 1.807) is 7.11 Å². The van der Waals surface area contributed by atoms with Crippen molar-refractivity contribution in [3.63, 3.8) is 0 Å². The third-order valence-corrected chi connectivity index (χ3v) is 4.43. The summed E-state index contributed by atoms with van der Waals surface area (Å²) in [6.45, 7) is 5.71. The summed E-state index contributed by atoms with van der Waals surface area (Å²) in [5, 5.41) is 3.54. The van der Waals surface area contributed by atoms with Crippen LogP contribution in [0.2, 0.25) is 0 Å². The fraction of sp³-hybridized carbons (Fsp3) is 0.647. The van der Waals surface area contributed by atoms with Crippen LogP contribution < -0.4 is 5.32 Å². The molecule has 1 saturated heterocycles. The maximum atomic E-state index is 5.90. The Hall–Kier alpha value is -0.810. The van der Waals surface area contributed by atoms with Crippen LogP contribution in [0.15, 0.2) is 18.2 Å². The highest BCUT2D eigenvalue weighted by Crippen LogP contribution is 2.28. The fourth-order valence-electron chi connectivity index (χ4n) is 3.37. The number of anilines is 1. The van der Waals surface area contributed by atoms with E-state index in [-0.39, 0.29) is 12.4 Å². The van der Waals surface area contributed by atoms with Crippen molar-refractivity contribution in [2.24, 2.45) is 0 Å². The van der Waals surface area contributed by atoms with Crippen LogP contribution in [0.25, 0.3) is 0 Å². The number of likely N-dealkylation sites (tertiary alicyclic amines) is 1. The van der Waals surface area contributed by atoms with Crippen molar-refractivity contribution >= 4 is 18.1 Å². The summed E-state index contributed by atoms with van der Waals surface area (Å²) in [6, 6.07) is 6.69. The molecule has 1 aromatic rings. The van der Waals surface area contributed by atoms with Crippen molar-refractivity contribution in [3.05, 3.63) is 29.3 Å². The van der Waals surface area contributed by atoms with Crippen LogP contribution in [0.3, 0.4) is 0 Å². The van der Waals surface area contributed by atoms with Gasteiger partial charge in [0.1, 0.15) is 0 Å². The van der Waals surface area contributed by atoms with E-state index in [1.807, 2.05) is 0 Å². The highest BCUT2D eigenvalue weighted by atomic mass is 35.5. The number of benzene rings is 1. The molecule has 0 radical (unpaired) electrons. The molecule has 0 bridgehead atoms. The maximum Gasteiger partial charge on any atom is 0.0704 e.